The molecule has 0 saturated carbocycles. The summed E-state index contributed by atoms with van der Waals surface area (Å²) in [6, 6.07) is 13.9. The highest BCUT2D eigenvalue weighted by molar-refractivity contribution is 7.17. The Bertz CT molecular complexity index is 1080. The first-order valence-electron chi connectivity index (χ1n) is 8.46. The first-order valence-corrected chi connectivity index (χ1v) is 9.33. The summed E-state index contributed by atoms with van der Waals surface area (Å²) in [5.41, 5.74) is 2.97. The minimum absolute atomic E-state index is 0.110. The van der Waals surface area contributed by atoms with Gasteiger partial charge in [-0.25, -0.2) is 9.97 Å². The predicted octanol–water partition coefficient (Wildman–Crippen LogP) is 3.58. The van der Waals surface area contributed by atoms with Crippen molar-refractivity contribution >= 4 is 33.3 Å². The Kier molecular flexibility index (Phi) is 4.76. The summed E-state index contributed by atoms with van der Waals surface area (Å²) in [7, 11) is 1.61. The van der Waals surface area contributed by atoms with Crippen molar-refractivity contribution in [3.05, 3.63) is 60.2 Å². The van der Waals surface area contributed by atoms with Gasteiger partial charge in [0.05, 0.1) is 11.9 Å². The monoisotopic (exact) mass is 375 g/mol. The zero-order valence-electron chi connectivity index (χ0n) is 14.6. The minimum Gasteiger partial charge on any atom is -0.360 e. The molecular weight excluding hydrogens is 358 g/mol. The van der Waals surface area contributed by atoms with Gasteiger partial charge in [0.15, 0.2) is 5.82 Å². The summed E-state index contributed by atoms with van der Waals surface area (Å²) in [6.07, 6.45) is 3.45. The number of pyridine rings is 1. The third-order valence-corrected chi connectivity index (χ3v) is 5.01. The van der Waals surface area contributed by atoms with E-state index in [0.29, 0.717) is 11.6 Å². The fourth-order valence-corrected chi connectivity index (χ4v) is 3.72. The second kappa shape index (κ2) is 7.51. The highest BCUT2D eigenvalue weighted by Gasteiger charge is 2.16. The van der Waals surface area contributed by atoms with E-state index in [4.69, 9.17) is 9.97 Å². The number of carbonyl (C=O) groups excluding carboxylic acids is 1. The van der Waals surface area contributed by atoms with E-state index in [9.17, 15) is 4.79 Å². The topological polar surface area (TPSA) is 79.8 Å². The Labute approximate surface area is 160 Å². The average molecular weight is 375 g/mol. The Balaban J connectivity index is 1.87. The Morgan fingerprint density at radius 2 is 1.89 bits per heavy atom. The van der Waals surface area contributed by atoms with Crippen LogP contribution in [0, 0.1) is 0 Å². The Morgan fingerprint density at radius 1 is 1.07 bits per heavy atom. The first kappa shape index (κ1) is 17.1. The molecule has 0 atom stereocenters. The van der Waals surface area contributed by atoms with Gasteiger partial charge in [0, 0.05) is 35.9 Å². The van der Waals surface area contributed by atoms with E-state index in [0.717, 1.165) is 26.9 Å². The van der Waals surface area contributed by atoms with Crippen molar-refractivity contribution in [2.24, 2.45) is 0 Å². The lowest BCUT2D eigenvalue weighted by Crippen LogP contribution is -2.26. The molecule has 2 N–H and O–H groups in total. The van der Waals surface area contributed by atoms with E-state index in [-0.39, 0.29) is 12.5 Å². The van der Waals surface area contributed by atoms with Gasteiger partial charge in [-0.15, -0.1) is 11.3 Å². The molecule has 3 heterocycles. The molecule has 6 nitrogen and oxygen atoms in total. The van der Waals surface area contributed by atoms with Crippen molar-refractivity contribution < 1.29 is 4.79 Å². The van der Waals surface area contributed by atoms with E-state index >= 15 is 0 Å². The van der Waals surface area contributed by atoms with Gasteiger partial charge in [-0.05, 0) is 17.7 Å². The number of likely N-dealkylation sites (N-methyl/N-ethyl adjacent to an activating group) is 1. The molecule has 4 aromatic rings. The number of benzene rings is 1. The molecule has 0 fully saturated rings. The summed E-state index contributed by atoms with van der Waals surface area (Å²) in [4.78, 5) is 26.2. The number of amides is 1. The van der Waals surface area contributed by atoms with E-state index in [1.807, 2.05) is 30.3 Å². The number of thiophene rings is 1. The number of anilines is 1. The van der Waals surface area contributed by atoms with Crippen LogP contribution in [0.15, 0.2) is 60.2 Å². The first-order chi connectivity index (χ1) is 13.3. The quantitative estimate of drug-likeness (QED) is 0.557. The summed E-state index contributed by atoms with van der Waals surface area (Å²) in [6.45, 7) is 0.138. The van der Waals surface area contributed by atoms with Crippen LogP contribution >= 0.6 is 11.3 Å². The number of aromatic nitrogens is 3. The van der Waals surface area contributed by atoms with E-state index in [1.165, 1.54) is 0 Å². The molecular formula is C20H17N5OS. The van der Waals surface area contributed by atoms with Crippen LogP contribution in [0.2, 0.25) is 0 Å². The van der Waals surface area contributed by atoms with Gasteiger partial charge in [0.25, 0.3) is 0 Å². The van der Waals surface area contributed by atoms with Crippen molar-refractivity contribution in [3.8, 4) is 22.5 Å². The molecule has 0 radical (unpaired) electrons. The number of nitrogens with one attached hydrogen (secondary N) is 2. The maximum Gasteiger partial charge on any atom is 0.239 e. The van der Waals surface area contributed by atoms with E-state index in [2.05, 4.69) is 33.1 Å². The lowest BCUT2D eigenvalue weighted by molar-refractivity contribution is -0.118. The maximum atomic E-state index is 11.7. The van der Waals surface area contributed by atoms with Crippen LogP contribution < -0.4 is 10.6 Å². The molecule has 0 unspecified atom stereocenters. The number of fused-ring (bicyclic) bond motifs is 1. The van der Waals surface area contributed by atoms with Gasteiger partial charge in [0.1, 0.15) is 10.6 Å². The van der Waals surface area contributed by atoms with Crippen LogP contribution in [-0.2, 0) is 4.79 Å². The highest BCUT2D eigenvalue weighted by atomic mass is 32.1. The standard InChI is InChI=1S/C20H17N5OS/c1-21-16(26)11-23-19-17-15(13-6-3-2-4-7-13)12-27-20(17)25-18(24-19)14-8-5-9-22-10-14/h2-10,12H,11H2,1H3,(H,21,26)(H,23,24,25). The van der Waals surface area contributed by atoms with E-state index < -0.39 is 0 Å². The number of rotatable bonds is 5. The fraction of sp³-hybridized carbons (Fsp3) is 0.100. The van der Waals surface area contributed by atoms with Gasteiger partial charge in [-0.3, -0.25) is 9.78 Å². The molecule has 0 spiro atoms. The van der Waals surface area contributed by atoms with Crippen LogP contribution in [0.25, 0.3) is 32.7 Å². The SMILES string of the molecule is CNC(=O)CNc1nc(-c2cccnc2)nc2scc(-c3ccccc3)c12. The lowest BCUT2D eigenvalue weighted by atomic mass is 10.1. The van der Waals surface area contributed by atoms with Gasteiger partial charge in [0.2, 0.25) is 5.91 Å². The Hall–Kier alpha value is -3.32. The molecule has 1 aromatic carbocycles. The maximum absolute atomic E-state index is 11.7. The van der Waals surface area contributed by atoms with Crippen molar-refractivity contribution in [1.29, 1.82) is 0 Å². The zero-order valence-corrected chi connectivity index (χ0v) is 15.5. The van der Waals surface area contributed by atoms with Crippen LogP contribution in [-0.4, -0.2) is 34.5 Å². The van der Waals surface area contributed by atoms with Gasteiger partial charge >= 0.3 is 0 Å². The normalized spacial score (nSPS) is 10.7. The second-order valence-corrected chi connectivity index (χ2v) is 6.72. The molecule has 3 aromatic heterocycles. The third-order valence-electron chi connectivity index (χ3n) is 4.13. The molecule has 7 heteroatoms. The zero-order chi connectivity index (χ0) is 18.6. The van der Waals surface area contributed by atoms with Crippen LogP contribution in [0.5, 0.6) is 0 Å². The second-order valence-electron chi connectivity index (χ2n) is 5.86. The van der Waals surface area contributed by atoms with Crippen LogP contribution in [0.3, 0.4) is 0 Å². The number of hydrogen-bond acceptors (Lipinski definition) is 6. The summed E-state index contributed by atoms with van der Waals surface area (Å²) >= 11 is 1.56. The van der Waals surface area contributed by atoms with Gasteiger partial charge in [-0.1, -0.05) is 30.3 Å². The van der Waals surface area contributed by atoms with Gasteiger partial charge in [-0.2, -0.15) is 0 Å². The van der Waals surface area contributed by atoms with Crippen molar-refractivity contribution in [2.75, 3.05) is 18.9 Å². The fourth-order valence-electron chi connectivity index (χ4n) is 2.78. The van der Waals surface area contributed by atoms with Gasteiger partial charge < -0.3 is 10.6 Å². The van der Waals surface area contributed by atoms with Crippen molar-refractivity contribution in [1.82, 2.24) is 20.3 Å². The molecule has 0 bridgehead atoms. The molecule has 0 aliphatic rings. The largest absolute Gasteiger partial charge is 0.360 e. The molecule has 134 valence electrons. The highest BCUT2D eigenvalue weighted by Crippen LogP contribution is 2.37. The van der Waals surface area contributed by atoms with Crippen molar-refractivity contribution in [2.45, 2.75) is 0 Å². The molecule has 0 aliphatic heterocycles. The average Bonchev–Trinajstić information content (AvgIpc) is 3.17. The summed E-state index contributed by atoms with van der Waals surface area (Å²) < 4.78 is 0. The lowest BCUT2D eigenvalue weighted by Gasteiger charge is -2.10. The smallest absolute Gasteiger partial charge is 0.239 e. The molecule has 0 aliphatic carbocycles. The Morgan fingerprint density at radius 3 is 2.63 bits per heavy atom. The molecule has 1 amide bonds. The number of carbonyl (C=O) groups is 1. The number of hydrogen-bond donors (Lipinski definition) is 2. The van der Waals surface area contributed by atoms with E-state index in [1.54, 1.807) is 30.8 Å². The van der Waals surface area contributed by atoms with Crippen LogP contribution in [0.1, 0.15) is 0 Å². The molecule has 27 heavy (non-hydrogen) atoms. The van der Waals surface area contributed by atoms with Crippen molar-refractivity contribution in [3.63, 3.8) is 0 Å². The summed E-state index contributed by atoms with van der Waals surface area (Å²) in [5, 5.41) is 8.78. The number of nitrogens with zero attached hydrogens (tertiary/aromatic N) is 3. The predicted molar refractivity (Wildman–Crippen MR) is 109 cm³/mol. The molecule has 0 saturated heterocycles. The minimum atomic E-state index is -0.110. The van der Waals surface area contributed by atoms with Crippen LogP contribution in [0.4, 0.5) is 5.82 Å². The third kappa shape index (κ3) is 3.50. The summed E-state index contributed by atoms with van der Waals surface area (Å²) in [5.74, 6) is 1.11. The molecule has 4 rings (SSSR count).